The lowest BCUT2D eigenvalue weighted by molar-refractivity contribution is -0.138. The van der Waals surface area contributed by atoms with Crippen LogP contribution in [0.15, 0.2) is 30.6 Å². The number of pyridine rings is 1. The highest BCUT2D eigenvalue weighted by Gasteiger charge is 2.59. The van der Waals surface area contributed by atoms with Gasteiger partial charge in [-0.2, -0.15) is 0 Å². The van der Waals surface area contributed by atoms with Gasteiger partial charge in [-0.1, -0.05) is 26.0 Å². The average molecular weight is 366 g/mol. The van der Waals surface area contributed by atoms with E-state index in [0.29, 0.717) is 10.8 Å². The molecule has 4 aliphatic carbocycles. The second-order valence-corrected chi connectivity index (χ2v) is 10.9. The lowest BCUT2D eigenvalue weighted by Gasteiger charge is -2.61. The van der Waals surface area contributed by atoms with Crippen LogP contribution in [0.1, 0.15) is 77.7 Å². The summed E-state index contributed by atoms with van der Waals surface area (Å²) in [6.45, 7) is 7.19. The third-order valence-corrected chi connectivity index (χ3v) is 9.51. The Balaban J connectivity index is 1.43. The zero-order valence-electron chi connectivity index (χ0n) is 17.2. The van der Waals surface area contributed by atoms with Gasteiger partial charge in [-0.3, -0.25) is 4.98 Å². The molecule has 5 rings (SSSR count). The molecule has 0 saturated heterocycles. The number of aliphatic hydroxyl groups is 1. The van der Waals surface area contributed by atoms with Gasteiger partial charge < -0.3 is 5.11 Å². The molecule has 0 bridgehead atoms. The fourth-order valence-electron chi connectivity index (χ4n) is 7.97. The van der Waals surface area contributed by atoms with E-state index in [0.717, 1.165) is 36.5 Å². The third kappa shape index (κ3) is 2.58. The van der Waals surface area contributed by atoms with Crippen molar-refractivity contribution >= 4 is 5.57 Å². The molecular formula is C25H35NO. The summed E-state index contributed by atoms with van der Waals surface area (Å²) in [4.78, 5) is 4.39. The molecule has 2 nitrogen and oxygen atoms in total. The molecule has 1 N–H and O–H groups in total. The minimum absolute atomic E-state index is 0.327. The predicted octanol–water partition coefficient (Wildman–Crippen LogP) is 5.87. The Hall–Kier alpha value is -1.15. The molecule has 1 heterocycles. The first kappa shape index (κ1) is 17.9. The van der Waals surface area contributed by atoms with Gasteiger partial charge >= 0.3 is 0 Å². The van der Waals surface area contributed by atoms with Gasteiger partial charge in [0, 0.05) is 12.4 Å². The Kier molecular flexibility index (Phi) is 3.93. The smallest absolute Gasteiger partial charge is 0.0622 e. The van der Waals surface area contributed by atoms with E-state index in [1.54, 1.807) is 5.57 Å². The summed E-state index contributed by atoms with van der Waals surface area (Å²) in [5.74, 6) is 3.23. The normalized spacial score (nSPS) is 49.0. The molecule has 146 valence electrons. The van der Waals surface area contributed by atoms with Crippen LogP contribution in [0.5, 0.6) is 0 Å². The van der Waals surface area contributed by atoms with Crippen LogP contribution >= 0.6 is 0 Å². The Labute approximate surface area is 164 Å². The molecule has 1 aromatic rings. The monoisotopic (exact) mass is 365 g/mol. The van der Waals surface area contributed by atoms with E-state index in [2.05, 4.69) is 50.2 Å². The largest absolute Gasteiger partial charge is 0.390 e. The molecule has 0 spiro atoms. The van der Waals surface area contributed by atoms with Crippen LogP contribution in [0.3, 0.4) is 0 Å². The summed E-state index contributed by atoms with van der Waals surface area (Å²) in [6, 6.07) is 4.33. The maximum atomic E-state index is 10.7. The van der Waals surface area contributed by atoms with Crippen molar-refractivity contribution in [2.45, 2.75) is 77.7 Å². The molecule has 4 aliphatic rings. The SMILES string of the molecule is C[C@@]1(O)CC[C@@]2(C)C(CCC3C2CC[C@]2(C)C(c4cccnc4)=CCC32)C1. The molecule has 3 fully saturated rings. The fourth-order valence-corrected chi connectivity index (χ4v) is 7.97. The number of allylic oxidation sites excluding steroid dienone is 2. The van der Waals surface area contributed by atoms with Gasteiger partial charge in [-0.25, -0.2) is 0 Å². The van der Waals surface area contributed by atoms with Gasteiger partial charge in [-0.15, -0.1) is 0 Å². The minimum atomic E-state index is -0.428. The highest BCUT2D eigenvalue weighted by Crippen LogP contribution is 2.67. The van der Waals surface area contributed by atoms with Crippen molar-refractivity contribution in [2.75, 3.05) is 0 Å². The second kappa shape index (κ2) is 5.92. The standard InChI is InChI=1S/C25H35NO/c1-23(27)12-13-24(2)18(15-23)6-7-19-21-9-8-20(17-5-4-14-26-16-17)25(21,3)11-10-22(19)24/h4-5,8,14,16,18-19,21-22,27H,6-7,9-13,15H2,1-3H3/t18?,19?,21?,22?,23-,24+,25-/m1/s1. The lowest BCUT2D eigenvalue weighted by Crippen LogP contribution is -2.55. The molecular weight excluding hydrogens is 330 g/mol. The lowest BCUT2D eigenvalue weighted by atomic mass is 9.44. The molecule has 0 aliphatic heterocycles. The topological polar surface area (TPSA) is 33.1 Å². The maximum absolute atomic E-state index is 10.7. The van der Waals surface area contributed by atoms with Gasteiger partial charge in [0.15, 0.2) is 0 Å². The summed E-state index contributed by atoms with van der Waals surface area (Å²) in [5.41, 5.74) is 3.26. The number of aromatic nitrogens is 1. The summed E-state index contributed by atoms with van der Waals surface area (Å²) < 4.78 is 0. The van der Waals surface area contributed by atoms with Crippen LogP contribution in [0, 0.1) is 34.5 Å². The molecule has 2 heteroatoms. The zero-order chi connectivity index (χ0) is 18.9. The molecule has 27 heavy (non-hydrogen) atoms. The van der Waals surface area contributed by atoms with E-state index in [9.17, 15) is 5.11 Å². The van der Waals surface area contributed by atoms with Crippen LogP contribution in [-0.2, 0) is 0 Å². The van der Waals surface area contributed by atoms with Crippen molar-refractivity contribution in [2.24, 2.45) is 34.5 Å². The highest BCUT2D eigenvalue weighted by atomic mass is 16.3. The summed E-state index contributed by atoms with van der Waals surface area (Å²) >= 11 is 0. The highest BCUT2D eigenvalue weighted by molar-refractivity contribution is 5.72. The van der Waals surface area contributed by atoms with E-state index < -0.39 is 5.60 Å². The first-order valence-corrected chi connectivity index (χ1v) is 11.2. The van der Waals surface area contributed by atoms with Crippen LogP contribution in [-0.4, -0.2) is 15.7 Å². The molecule has 0 amide bonds. The maximum Gasteiger partial charge on any atom is 0.0622 e. The Bertz CT molecular complexity index is 753. The van der Waals surface area contributed by atoms with Crippen LogP contribution < -0.4 is 0 Å². The summed E-state index contributed by atoms with van der Waals surface area (Å²) in [7, 11) is 0. The molecule has 3 saturated carbocycles. The average Bonchev–Trinajstić information content (AvgIpc) is 3.00. The fraction of sp³-hybridized carbons (Fsp3) is 0.720. The van der Waals surface area contributed by atoms with Crippen LogP contribution in [0.25, 0.3) is 5.57 Å². The van der Waals surface area contributed by atoms with E-state index in [-0.39, 0.29) is 0 Å². The van der Waals surface area contributed by atoms with E-state index in [1.165, 1.54) is 44.1 Å². The van der Waals surface area contributed by atoms with Crippen LogP contribution in [0.2, 0.25) is 0 Å². The van der Waals surface area contributed by atoms with Crippen LogP contribution in [0.4, 0.5) is 0 Å². The Morgan fingerprint density at radius 2 is 1.89 bits per heavy atom. The van der Waals surface area contributed by atoms with E-state index in [4.69, 9.17) is 0 Å². The number of nitrogens with zero attached hydrogens (tertiary/aromatic N) is 1. The van der Waals surface area contributed by atoms with Crippen molar-refractivity contribution in [3.05, 3.63) is 36.2 Å². The molecule has 4 unspecified atom stereocenters. The predicted molar refractivity (Wildman–Crippen MR) is 110 cm³/mol. The molecule has 1 aromatic heterocycles. The van der Waals surface area contributed by atoms with Crippen molar-refractivity contribution in [3.63, 3.8) is 0 Å². The number of hydrogen-bond acceptors (Lipinski definition) is 2. The quantitative estimate of drug-likeness (QED) is 0.675. The van der Waals surface area contributed by atoms with E-state index >= 15 is 0 Å². The Morgan fingerprint density at radius 1 is 1.04 bits per heavy atom. The summed E-state index contributed by atoms with van der Waals surface area (Å²) in [6.07, 6.45) is 16.4. The van der Waals surface area contributed by atoms with Gasteiger partial charge in [-0.05, 0) is 110 Å². The van der Waals surface area contributed by atoms with Crippen molar-refractivity contribution in [1.29, 1.82) is 0 Å². The van der Waals surface area contributed by atoms with E-state index in [1.807, 2.05) is 6.20 Å². The van der Waals surface area contributed by atoms with Crippen molar-refractivity contribution in [3.8, 4) is 0 Å². The zero-order valence-corrected chi connectivity index (χ0v) is 17.2. The number of hydrogen-bond donors (Lipinski definition) is 1. The van der Waals surface area contributed by atoms with Gasteiger partial charge in [0.2, 0.25) is 0 Å². The third-order valence-electron chi connectivity index (χ3n) is 9.51. The molecule has 0 radical (unpaired) electrons. The van der Waals surface area contributed by atoms with Gasteiger partial charge in [0.1, 0.15) is 0 Å². The van der Waals surface area contributed by atoms with Crippen molar-refractivity contribution < 1.29 is 5.11 Å². The van der Waals surface area contributed by atoms with Gasteiger partial charge in [0.25, 0.3) is 0 Å². The number of fused-ring (bicyclic) bond motifs is 5. The summed E-state index contributed by atoms with van der Waals surface area (Å²) in [5, 5.41) is 10.7. The van der Waals surface area contributed by atoms with Gasteiger partial charge in [0.05, 0.1) is 5.60 Å². The number of rotatable bonds is 1. The Morgan fingerprint density at radius 3 is 2.67 bits per heavy atom. The first-order chi connectivity index (χ1) is 12.8. The van der Waals surface area contributed by atoms with Crippen molar-refractivity contribution in [1.82, 2.24) is 4.98 Å². The second-order valence-electron chi connectivity index (χ2n) is 10.9. The molecule has 7 atom stereocenters. The first-order valence-electron chi connectivity index (χ1n) is 11.2. The minimum Gasteiger partial charge on any atom is -0.390 e. The molecule has 0 aromatic carbocycles.